The number of hydrogen-bond donors (Lipinski definition) is 2. The normalized spacial score (nSPS) is 10.3. The summed E-state index contributed by atoms with van der Waals surface area (Å²) in [4.78, 5) is 21.5. The molecule has 0 aliphatic rings. The Labute approximate surface area is 96.1 Å². The number of H-pyrrole nitrogens is 1. The van der Waals surface area contributed by atoms with Gasteiger partial charge in [0.1, 0.15) is 5.69 Å². The third kappa shape index (κ3) is 2.20. The van der Waals surface area contributed by atoms with Gasteiger partial charge in [0.2, 0.25) is 0 Å². The van der Waals surface area contributed by atoms with Crippen molar-refractivity contribution in [1.82, 2.24) is 15.0 Å². The van der Waals surface area contributed by atoms with E-state index in [4.69, 9.17) is 16.7 Å². The largest absolute Gasteiger partial charge is 0.481 e. The maximum atomic E-state index is 10.5. The standard InChI is InChI=1S/C10H8ClN3O2/c11-9-7(5-8(15)16)13-10(14-9)6-3-1-2-4-12-6/h1-4H,5H2,(H,13,14)(H,15,16). The van der Waals surface area contributed by atoms with E-state index in [1.165, 1.54) is 0 Å². The molecular weight excluding hydrogens is 230 g/mol. The fraction of sp³-hybridized carbons (Fsp3) is 0.100. The van der Waals surface area contributed by atoms with Gasteiger partial charge in [0, 0.05) is 6.20 Å². The molecule has 0 atom stereocenters. The maximum absolute atomic E-state index is 10.5. The first-order chi connectivity index (χ1) is 7.66. The number of nitrogens with zero attached hydrogens (tertiary/aromatic N) is 2. The van der Waals surface area contributed by atoms with E-state index in [1.54, 1.807) is 18.3 Å². The zero-order valence-corrected chi connectivity index (χ0v) is 8.90. The van der Waals surface area contributed by atoms with E-state index in [1.807, 2.05) is 6.07 Å². The van der Waals surface area contributed by atoms with Crippen molar-refractivity contribution in [3.8, 4) is 11.5 Å². The van der Waals surface area contributed by atoms with Gasteiger partial charge < -0.3 is 10.1 Å². The van der Waals surface area contributed by atoms with Crippen LogP contribution in [0.25, 0.3) is 11.5 Å². The number of aromatic amines is 1. The minimum absolute atomic E-state index is 0.169. The molecule has 0 saturated carbocycles. The monoisotopic (exact) mass is 237 g/mol. The van der Waals surface area contributed by atoms with E-state index in [0.717, 1.165) is 0 Å². The third-order valence-electron chi connectivity index (χ3n) is 1.96. The molecule has 5 nitrogen and oxygen atoms in total. The fourth-order valence-corrected chi connectivity index (χ4v) is 1.48. The highest BCUT2D eigenvalue weighted by Crippen LogP contribution is 2.19. The summed E-state index contributed by atoms with van der Waals surface area (Å²) >= 11 is 5.81. The summed E-state index contributed by atoms with van der Waals surface area (Å²) in [5.41, 5.74) is 1.01. The summed E-state index contributed by atoms with van der Waals surface area (Å²) in [7, 11) is 0. The van der Waals surface area contributed by atoms with Crippen molar-refractivity contribution < 1.29 is 9.90 Å². The fourth-order valence-electron chi connectivity index (χ4n) is 1.28. The summed E-state index contributed by atoms with van der Waals surface area (Å²) in [6, 6.07) is 5.36. The number of nitrogens with one attached hydrogen (secondary N) is 1. The molecule has 6 heteroatoms. The van der Waals surface area contributed by atoms with Crippen LogP contribution in [0.2, 0.25) is 5.15 Å². The van der Waals surface area contributed by atoms with Crippen LogP contribution in [0.3, 0.4) is 0 Å². The smallest absolute Gasteiger partial charge is 0.309 e. The van der Waals surface area contributed by atoms with Crippen LogP contribution in [-0.4, -0.2) is 26.0 Å². The Hall–Kier alpha value is -1.88. The van der Waals surface area contributed by atoms with Crippen LogP contribution in [-0.2, 0) is 11.2 Å². The molecule has 0 bridgehead atoms. The van der Waals surface area contributed by atoms with Crippen LogP contribution in [0, 0.1) is 0 Å². The number of carboxylic acid groups (broad SMARTS) is 1. The van der Waals surface area contributed by atoms with Crippen molar-refractivity contribution in [1.29, 1.82) is 0 Å². The molecule has 2 heterocycles. The zero-order chi connectivity index (χ0) is 11.5. The summed E-state index contributed by atoms with van der Waals surface area (Å²) in [6.45, 7) is 0. The number of pyridine rings is 1. The lowest BCUT2D eigenvalue weighted by Gasteiger charge is -1.93. The summed E-state index contributed by atoms with van der Waals surface area (Å²) in [5.74, 6) is -0.486. The van der Waals surface area contributed by atoms with Crippen LogP contribution in [0.5, 0.6) is 0 Å². The predicted octanol–water partition coefficient (Wildman–Crippen LogP) is 1.75. The molecule has 0 radical (unpaired) electrons. The molecule has 82 valence electrons. The minimum Gasteiger partial charge on any atom is -0.481 e. The van der Waals surface area contributed by atoms with Crippen LogP contribution in [0.15, 0.2) is 24.4 Å². The summed E-state index contributed by atoms with van der Waals surface area (Å²) < 4.78 is 0. The third-order valence-corrected chi connectivity index (χ3v) is 2.28. The van der Waals surface area contributed by atoms with Crippen LogP contribution >= 0.6 is 11.6 Å². The van der Waals surface area contributed by atoms with Crippen molar-refractivity contribution in [2.45, 2.75) is 6.42 Å². The van der Waals surface area contributed by atoms with Crippen molar-refractivity contribution in [3.05, 3.63) is 35.2 Å². The summed E-state index contributed by atoms with van der Waals surface area (Å²) in [5, 5.41) is 8.82. The second kappa shape index (κ2) is 4.32. The molecule has 0 aliphatic heterocycles. The molecule has 2 aromatic heterocycles. The average Bonchev–Trinajstić information content (AvgIpc) is 2.61. The van der Waals surface area contributed by atoms with E-state index in [0.29, 0.717) is 17.2 Å². The number of imidazole rings is 1. The highest BCUT2D eigenvalue weighted by molar-refractivity contribution is 6.30. The average molecular weight is 238 g/mol. The van der Waals surface area contributed by atoms with Gasteiger partial charge in [-0.2, -0.15) is 0 Å². The number of rotatable bonds is 3. The van der Waals surface area contributed by atoms with Crippen molar-refractivity contribution >= 4 is 17.6 Å². The molecule has 16 heavy (non-hydrogen) atoms. The molecule has 2 aromatic rings. The molecule has 0 fully saturated rings. The van der Waals surface area contributed by atoms with Gasteiger partial charge in [-0.1, -0.05) is 17.7 Å². The van der Waals surface area contributed by atoms with Gasteiger partial charge in [0.25, 0.3) is 0 Å². The first-order valence-corrected chi connectivity index (χ1v) is 4.92. The van der Waals surface area contributed by atoms with Gasteiger partial charge in [-0.15, -0.1) is 0 Å². The van der Waals surface area contributed by atoms with Crippen LogP contribution < -0.4 is 0 Å². The van der Waals surface area contributed by atoms with Gasteiger partial charge in [-0.3, -0.25) is 9.78 Å². The van der Waals surface area contributed by atoms with E-state index < -0.39 is 5.97 Å². The second-order valence-corrected chi connectivity index (χ2v) is 3.50. The van der Waals surface area contributed by atoms with Crippen LogP contribution in [0.4, 0.5) is 0 Å². The molecule has 0 amide bonds. The minimum atomic E-state index is -0.960. The van der Waals surface area contributed by atoms with Gasteiger partial charge in [-0.05, 0) is 12.1 Å². The first kappa shape index (κ1) is 10.6. The number of aromatic nitrogens is 3. The SMILES string of the molecule is O=C(O)Cc1[nH]c(-c2ccccn2)nc1Cl. The molecular formula is C10H8ClN3O2. The Morgan fingerprint density at radius 1 is 1.50 bits per heavy atom. The topological polar surface area (TPSA) is 78.9 Å². The Kier molecular flexibility index (Phi) is 2.87. The Balaban J connectivity index is 2.34. The van der Waals surface area contributed by atoms with Crippen molar-refractivity contribution in [2.75, 3.05) is 0 Å². The van der Waals surface area contributed by atoms with Gasteiger partial charge in [0.15, 0.2) is 11.0 Å². The number of halogens is 1. The number of carboxylic acids is 1. The van der Waals surface area contributed by atoms with Gasteiger partial charge in [-0.25, -0.2) is 4.98 Å². The second-order valence-electron chi connectivity index (χ2n) is 3.14. The maximum Gasteiger partial charge on any atom is 0.309 e. The lowest BCUT2D eigenvalue weighted by Crippen LogP contribution is -2.00. The molecule has 0 aromatic carbocycles. The van der Waals surface area contributed by atoms with Gasteiger partial charge in [0.05, 0.1) is 12.1 Å². The number of aliphatic carboxylic acids is 1. The van der Waals surface area contributed by atoms with Crippen LogP contribution in [0.1, 0.15) is 5.69 Å². The molecule has 2 rings (SSSR count). The van der Waals surface area contributed by atoms with E-state index >= 15 is 0 Å². The molecule has 0 aliphatic carbocycles. The zero-order valence-electron chi connectivity index (χ0n) is 8.14. The van der Waals surface area contributed by atoms with Crippen molar-refractivity contribution in [2.24, 2.45) is 0 Å². The molecule has 0 spiro atoms. The molecule has 2 N–H and O–H groups in total. The summed E-state index contributed by atoms with van der Waals surface area (Å²) in [6.07, 6.45) is 1.45. The Bertz CT molecular complexity index is 510. The van der Waals surface area contributed by atoms with Gasteiger partial charge >= 0.3 is 5.97 Å². The van der Waals surface area contributed by atoms with Crippen molar-refractivity contribution in [3.63, 3.8) is 0 Å². The highest BCUT2D eigenvalue weighted by Gasteiger charge is 2.12. The number of hydrogen-bond acceptors (Lipinski definition) is 3. The predicted molar refractivity (Wildman–Crippen MR) is 58.2 cm³/mol. The lowest BCUT2D eigenvalue weighted by atomic mass is 10.3. The highest BCUT2D eigenvalue weighted by atomic mass is 35.5. The Morgan fingerprint density at radius 2 is 2.31 bits per heavy atom. The van der Waals surface area contributed by atoms with E-state index in [2.05, 4.69) is 15.0 Å². The van der Waals surface area contributed by atoms with E-state index in [-0.39, 0.29) is 11.6 Å². The lowest BCUT2D eigenvalue weighted by molar-refractivity contribution is -0.136. The molecule has 0 unspecified atom stereocenters. The Morgan fingerprint density at radius 3 is 2.94 bits per heavy atom. The number of carbonyl (C=O) groups is 1. The van der Waals surface area contributed by atoms with E-state index in [9.17, 15) is 4.79 Å². The quantitative estimate of drug-likeness (QED) is 0.853. The first-order valence-electron chi connectivity index (χ1n) is 4.54. The molecule has 0 saturated heterocycles.